The van der Waals surface area contributed by atoms with E-state index < -0.39 is 10.0 Å². The monoisotopic (exact) mass is 347 g/mol. The van der Waals surface area contributed by atoms with Gasteiger partial charge >= 0.3 is 0 Å². The summed E-state index contributed by atoms with van der Waals surface area (Å²) in [7, 11) is -2.01. The molecule has 0 spiro atoms. The molecule has 0 N–H and O–H groups in total. The maximum atomic E-state index is 12.9. The number of halogens is 1. The smallest absolute Gasteiger partial charge is 0.244 e. The number of hydrogen-bond acceptors (Lipinski definition) is 4. The van der Waals surface area contributed by atoms with E-state index in [1.807, 2.05) is 31.2 Å². The standard InChI is InChI=1S/C14H18ClNO3S2/c1-3-16(8-9-19-2)21(17,18)14-11-6-4-5-7-12(11)20-13(14)10-15/h4-7H,3,8-10H2,1-2H3. The van der Waals surface area contributed by atoms with Gasteiger partial charge in [0.05, 0.1) is 12.5 Å². The third kappa shape index (κ3) is 3.24. The molecule has 0 atom stereocenters. The number of nitrogens with zero attached hydrogens (tertiary/aromatic N) is 1. The van der Waals surface area contributed by atoms with Crippen molar-refractivity contribution in [3.63, 3.8) is 0 Å². The molecule has 1 aromatic carbocycles. The molecule has 0 fully saturated rings. The normalized spacial score (nSPS) is 12.4. The molecule has 4 nitrogen and oxygen atoms in total. The summed E-state index contributed by atoms with van der Waals surface area (Å²) in [4.78, 5) is 1.03. The molecule has 0 saturated carbocycles. The summed E-state index contributed by atoms with van der Waals surface area (Å²) in [6.45, 7) is 2.92. The molecular weight excluding hydrogens is 330 g/mol. The zero-order chi connectivity index (χ0) is 15.5. The van der Waals surface area contributed by atoms with Crippen molar-refractivity contribution >= 4 is 43.0 Å². The van der Waals surface area contributed by atoms with Gasteiger partial charge in [-0.1, -0.05) is 25.1 Å². The average molecular weight is 348 g/mol. The van der Waals surface area contributed by atoms with Gasteiger partial charge in [-0.05, 0) is 6.07 Å². The first-order valence-electron chi connectivity index (χ1n) is 6.61. The molecule has 0 unspecified atom stereocenters. The van der Waals surface area contributed by atoms with Crippen LogP contribution in [0.4, 0.5) is 0 Å². The average Bonchev–Trinajstić information content (AvgIpc) is 2.87. The lowest BCUT2D eigenvalue weighted by Crippen LogP contribution is -2.34. The van der Waals surface area contributed by atoms with E-state index in [-0.39, 0.29) is 5.88 Å². The number of alkyl halides is 1. The van der Waals surface area contributed by atoms with Crippen LogP contribution < -0.4 is 0 Å². The molecule has 2 aromatic rings. The van der Waals surface area contributed by atoms with Gasteiger partial charge in [0.1, 0.15) is 4.90 Å². The van der Waals surface area contributed by atoms with Gasteiger partial charge in [0, 0.05) is 35.2 Å². The second-order valence-electron chi connectivity index (χ2n) is 4.47. The summed E-state index contributed by atoms with van der Waals surface area (Å²) in [5.41, 5.74) is 0. The van der Waals surface area contributed by atoms with Crippen molar-refractivity contribution in [2.24, 2.45) is 0 Å². The van der Waals surface area contributed by atoms with Crippen molar-refractivity contribution in [3.05, 3.63) is 29.1 Å². The van der Waals surface area contributed by atoms with E-state index in [2.05, 4.69) is 0 Å². The summed E-state index contributed by atoms with van der Waals surface area (Å²) in [5, 5.41) is 0.744. The molecule has 21 heavy (non-hydrogen) atoms. The van der Waals surface area contributed by atoms with Crippen LogP contribution in [0.25, 0.3) is 10.1 Å². The Bertz CT molecular complexity index is 712. The minimum atomic E-state index is -3.57. The highest BCUT2D eigenvalue weighted by atomic mass is 35.5. The van der Waals surface area contributed by atoms with Gasteiger partial charge in [-0.2, -0.15) is 4.31 Å². The topological polar surface area (TPSA) is 46.6 Å². The molecule has 2 rings (SSSR count). The van der Waals surface area contributed by atoms with Gasteiger partial charge < -0.3 is 4.74 Å². The van der Waals surface area contributed by atoms with Gasteiger partial charge in [0.25, 0.3) is 0 Å². The fourth-order valence-corrected chi connectivity index (χ4v) is 5.77. The van der Waals surface area contributed by atoms with Crippen LogP contribution in [0.3, 0.4) is 0 Å². The summed E-state index contributed by atoms with van der Waals surface area (Å²) in [6, 6.07) is 7.49. The van der Waals surface area contributed by atoms with E-state index in [1.165, 1.54) is 15.6 Å². The Morgan fingerprint density at radius 3 is 2.67 bits per heavy atom. The van der Waals surface area contributed by atoms with Crippen molar-refractivity contribution in [1.82, 2.24) is 4.31 Å². The van der Waals surface area contributed by atoms with Crippen LogP contribution in [0.15, 0.2) is 29.2 Å². The van der Waals surface area contributed by atoms with Crippen LogP contribution in [0.5, 0.6) is 0 Å². The van der Waals surface area contributed by atoms with Crippen LogP contribution in [-0.2, 0) is 20.6 Å². The summed E-state index contributed by atoms with van der Waals surface area (Å²) in [5.74, 6) is 0.190. The predicted molar refractivity (Wildman–Crippen MR) is 87.7 cm³/mol. The Morgan fingerprint density at radius 2 is 2.05 bits per heavy atom. The molecule has 0 aliphatic carbocycles. The van der Waals surface area contributed by atoms with Crippen LogP contribution in [0.1, 0.15) is 11.8 Å². The number of sulfonamides is 1. The number of fused-ring (bicyclic) bond motifs is 1. The maximum absolute atomic E-state index is 12.9. The number of rotatable bonds is 7. The molecule has 0 saturated heterocycles. The highest BCUT2D eigenvalue weighted by molar-refractivity contribution is 7.89. The van der Waals surface area contributed by atoms with Gasteiger partial charge in [0.2, 0.25) is 10.0 Å². The lowest BCUT2D eigenvalue weighted by Gasteiger charge is -2.20. The van der Waals surface area contributed by atoms with Crippen LogP contribution in [0.2, 0.25) is 0 Å². The Morgan fingerprint density at radius 1 is 1.33 bits per heavy atom. The van der Waals surface area contributed by atoms with E-state index in [0.717, 1.165) is 10.1 Å². The van der Waals surface area contributed by atoms with Crippen LogP contribution in [-0.4, -0.2) is 39.5 Å². The third-order valence-electron chi connectivity index (χ3n) is 3.23. The SMILES string of the molecule is CCN(CCOC)S(=O)(=O)c1c(CCl)sc2ccccc12. The summed E-state index contributed by atoms with van der Waals surface area (Å²) in [6.07, 6.45) is 0. The maximum Gasteiger partial charge on any atom is 0.244 e. The fraction of sp³-hybridized carbons (Fsp3) is 0.429. The van der Waals surface area contributed by atoms with Crippen molar-refractivity contribution in [1.29, 1.82) is 0 Å². The molecule has 1 heterocycles. The first kappa shape index (κ1) is 16.7. The molecule has 0 aliphatic rings. The minimum absolute atomic E-state index is 0.190. The van der Waals surface area contributed by atoms with Gasteiger partial charge in [-0.25, -0.2) is 8.42 Å². The zero-order valence-corrected chi connectivity index (χ0v) is 14.4. The summed E-state index contributed by atoms with van der Waals surface area (Å²) >= 11 is 7.40. The molecule has 1 aromatic heterocycles. The van der Waals surface area contributed by atoms with Crippen molar-refractivity contribution < 1.29 is 13.2 Å². The Hall–Kier alpha value is -0.660. The first-order valence-corrected chi connectivity index (χ1v) is 9.40. The minimum Gasteiger partial charge on any atom is -0.383 e. The van der Waals surface area contributed by atoms with E-state index >= 15 is 0 Å². The number of thiophene rings is 1. The lowest BCUT2D eigenvalue weighted by atomic mass is 10.2. The fourth-order valence-electron chi connectivity index (χ4n) is 2.21. The summed E-state index contributed by atoms with van der Waals surface area (Å²) < 4.78 is 33.3. The molecular formula is C14H18ClNO3S2. The van der Waals surface area contributed by atoms with Gasteiger partial charge in [0.15, 0.2) is 0 Å². The molecule has 116 valence electrons. The lowest BCUT2D eigenvalue weighted by molar-refractivity contribution is 0.180. The van der Waals surface area contributed by atoms with Crippen molar-refractivity contribution in [3.8, 4) is 0 Å². The predicted octanol–water partition coefficient (Wildman–Crippen LogP) is 3.30. The zero-order valence-electron chi connectivity index (χ0n) is 12.0. The van der Waals surface area contributed by atoms with Gasteiger partial charge in [-0.15, -0.1) is 22.9 Å². The van der Waals surface area contributed by atoms with Crippen LogP contribution >= 0.6 is 22.9 Å². The second-order valence-corrected chi connectivity index (χ2v) is 7.75. The van der Waals surface area contributed by atoms with Crippen molar-refractivity contribution in [2.75, 3.05) is 26.8 Å². The Kier molecular flexibility index (Phi) is 5.62. The number of hydrogen-bond donors (Lipinski definition) is 0. The largest absolute Gasteiger partial charge is 0.383 e. The third-order valence-corrected chi connectivity index (χ3v) is 7.06. The first-order chi connectivity index (χ1) is 10.1. The highest BCUT2D eigenvalue weighted by Crippen LogP contribution is 2.37. The van der Waals surface area contributed by atoms with E-state index in [0.29, 0.717) is 29.5 Å². The number of benzene rings is 1. The number of likely N-dealkylation sites (N-methyl/N-ethyl adjacent to an activating group) is 1. The van der Waals surface area contributed by atoms with Crippen LogP contribution in [0, 0.1) is 0 Å². The molecule has 0 radical (unpaired) electrons. The quantitative estimate of drug-likeness (QED) is 0.722. The molecule has 0 aliphatic heterocycles. The van der Waals surface area contributed by atoms with E-state index in [9.17, 15) is 8.42 Å². The second kappa shape index (κ2) is 7.07. The number of methoxy groups -OCH3 is 1. The number of ether oxygens (including phenoxy) is 1. The Labute approximate surface area is 134 Å². The molecule has 7 heteroatoms. The molecule has 0 amide bonds. The van der Waals surface area contributed by atoms with E-state index in [4.69, 9.17) is 16.3 Å². The molecule has 0 bridgehead atoms. The Balaban J connectivity index is 2.57. The highest BCUT2D eigenvalue weighted by Gasteiger charge is 2.29. The van der Waals surface area contributed by atoms with Crippen molar-refractivity contribution in [2.45, 2.75) is 17.7 Å². The van der Waals surface area contributed by atoms with E-state index in [1.54, 1.807) is 7.11 Å². The van der Waals surface area contributed by atoms with Gasteiger partial charge in [-0.3, -0.25) is 0 Å².